The van der Waals surface area contributed by atoms with Crippen LogP contribution >= 0.6 is 0 Å². The smallest absolute Gasteiger partial charge is 0.273 e. The molecule has 2 aromatic carbocycles. The van der Waals surface area contributed by atoms with E-state index in [1.807, 2.05) is 49.4 Å². The summed E-state index contributed by atoms with van der Waals surface area (Å²) in [6.07, 6.45) is 3.39. The maximum Gasteiger partial charge on any atom is 0.273 e. The van der Waals surface area contributed by atoms with E-state index >= 15 is 0 Å². The third-order valence-electron chi connectivity index (χ3n) is 4.69. The average molecular weight is 356 g/mol. The van der Waals surface area contributed by atoms with Crippen LogP contribution in [0.25, 0.3) is 16.6 Å². The van der Waals surface area contributed by atoms with Gasteiger partial charge in [-0.1, -0.05) is 36.4 Å². The number of carbonyl (C=O) groups excluding carboxylic acids is 1. The number of hydrazone groups is 1. The van der Waals surface area contributed by atoms with Gasteiger partial charge in [0, 0.05) is 39.7 Å². The lowest BCUT2D eigenvalue weighted by atomic mass is 10.2. The van der Waals surface area contributed by atoms with Gasteiger partial charge < -0.3 is 9.55 Å². The normalized spacial score (nSPS) is 11.3. The Hall–Kier alpha value is -3.60. The molecule has 2 N–H and O–H groups in total. The number of aryl methyl sites for hydroxylation is 1. The van der Waals surface area contributed by atoms with E-state index in [9.17, 15) is 4.79 Å². The lowest BCUT2D eigenvalue weighted by Gasteiger charge is -2.08. The molecule has 0 spiro atoms. The Bertz CT molecular complexity index is 1140. The van der Waals surface area contributed by atoms with Gasteiger partial charge in [-0.15, -0.1) is 0 Å². The van der Waals surface area contributed by atoms with Crippen molar-refractivity contribution in [3.8, 4) is 5.69 Å². The quantitative estimate of drug-likeness (QED) is 0.415. The van der Waals surface area contributed by atoms with Crippen LogP contribution in [0.1, 0.15) is 27.3 Å². The predicted octanol–water partition coefficient (Wildman–Crippen LogP) is 4.34. The highest BCUT2D eigenvalue weighted by Crippen LogP contribution is 2.20. The van der Waals surface area contributed by atoms with E-state index in [1.165, 1.54) is 0 Å². The zero-order valence-corrected chi connectivity index (χ0v) is 15.2. The first kappa shape index (κ1) is 16.8. The molecule has 0 saturated heterocycles. The lowest BCUT2D eigenvalue weighted by Crippen LogP contribution is -2.17. The fourth-order valence-corrected chi connectivity index (χ4v) is 3.37. The Kier molecular flexibility index (Phi) is 4.34. The second-order valence-electron chi connectivity index (χ2n) is 6.44. The molecular formula is C22H20N4O. The molecule has 0 aliphatic carbocycles. The number of fused-ring (bicyclic) bond motifs is 1. The molecule has 0 atom stereocenters. The molecule has 134 valence electrons. The van der Waals surface area contributed by atoms with E-state index in [1.54, 1.807) is 12.4 Å². The van der Waals surface area contributed by atoms with Crippen LogP contribution in [0.4, 0.5) is 0 Å². The van der Waals surface area contributed by atoms with E-state index in [0.29, 0.717) is 5.56 Å². The number of rotatable bonds is 4. The SMILES string of the molecule is Cc1cc(C=NNC(=O)c2c[nH]c3ccccc23)c(C)n1-c1ccccc1. The molecule has 5 nitrogen and oxygen atoms in total. The van der Waals surface area contributed by atoms with Crippen molar-refractivity contribution >= 4 is 23.0 Å². The first-order valence-corrected chi connectivity index (χ1v) is 8.79. The summed E-state index contributed by atoms with van der Waals surface area (Å²) in [5.74, 6) is -0.236. The number of aromatic amines is 1. The second kappa shape index (κ2) is 6.96. The highest BCUT2D eigenvalue weighted by atomic mass is 16.2. The first-order chi connectivity index (χ1) is 13.1. The molecule has 0 radical (unpaired) electrons. The fraction of sp³-hybridized carbons (Fsp3) is 0.0909. The van der Waals surface area contributed by atoms with Crippen LogP contribution < -0.4 is 5.43 Å². The number of hydrogen-bond acceptors (Lipinski definition) is 2. The van der Waals surface area contributed by atoms with E-state index in [4.69, 9.17) is 0 Å². The molecule has 4 aromatic rings. The molecular weight excluding hydrogens is 336 g/mol. The minimum Gasteiger partial charge on any atom is -0.360 e. The molecule has 1 amide bonds. The van der Waals surface area contributed by atoms with Crippen molar-refractivity contribution in [2.45, 2.75) is 13.8 Å². The molecule has 0 aliphatic heterocycles. The monoisotopic (exact) mass is 356 g/mol. The van der Waals surface area contributed by atoms with Crippen LogP contribution in [0.3, 0.4) is 0 Å². The molecule has 2 aromatic heterocycles. The third kappa shape index (κ3) is 3.15. The van der Waals surface area contributed by atoms with Crippen LogP contribution in [-0.4, -0.2) is 21.7 Å². The van der Waals surface area contributed by atoms with Gasteiger partial charge in [-0.2, -0.15) is 5.10 Å². The molecule has 0 aliphatic rings. The Labute approximate surface area is 157 Å². The third-order valence-corrected chi connectivity index (χ3v) is 4.69. The van der Waals surface area contributed by atoms with Crippen molar-refractivity contribution < 1.29 is 4.79 Å². The summed E-state index contributed by atoms with van der Waals surface area (Å²) in [6, 6.07) is 19.9. The highest BCUT2D eigenvalue weighted by Gasteiger charge is 2.11. The number of carbonyl (C=O) groups is 1. The Morgan fingerprint density at radius 2 is 1.81 bits per heavy atom. The van der Waals surface area contributed by atoms with Crippen LogP contribution in [-0.2, 0) is 0 Å². The first-order valence-electron chi connectivity index (χ1n) is 8.79. The van der Waals surface area contributed by atoms with Gasteiger partial charge in [0.1, 0.15) is 0 Å². The van der Waals surface area contributed by atoms with Crippen LogP contribution in [0.5, 0.6) is 0 Å². The Morgan fingerprint density at radius 1 is 1.07 bits per heavy atom. The van der Waals surface area contributed by atoms with Gasteiger partial charge in [-0.05, 0) is 38.1 Å². The van der Waals surface area contributed by atoms with E-state index in [2.05, 4.69) is 45.2 Å². The summed E-state index contributed by atoms with van der Waals surface area (Å²) in [6.45, 7) is 4.10. The standard InChI is InChI=1S/C22H20N4O/c1-15-12-17(16(2)26(15)18-8-4-3-5-9-18)13-24-25-22(27)20-14-23-21-11-7-6-10-19(20)21/h3-14,23H,1-2H3,(H,25,27). The minimum absolute atomic E-state index is 0.236. The molecule has 0 bridgehead atoms. The molecule has 4 rings (SSSR count). The van der Waals surface area contributed by atoms with Crippen molar-refractivity contribution in [3.63, 3.8) is 0 Å². The molecule has 0 saturated carbocycles. The molecule has 0 unspecified atom stereocenters. The summed E-state index contributed by atoms with van der Waals surface area (Å²) in [5.41, 5.74) is 8.39. The van der Waals surface area contributed by atoms with Gasteiger partial charge in [-0.3, -0.25) is 4.79 Å². The average Bonchev–Trinajstić information content (AvgIpc) is 3.23. The maximum atomic E-state index is 12.4. The number of hydrogen-bond donors (Lipinski definition) is 2. The molecule has 27 heavy (non-hydrogen) atoms. The lowest BCUT2D eigenvalue weighted by molar-refractivity contribution is 0.0957. The van der Waals surface area contributed by atoms with Crippen molar-refractivity contribution in [2.75, 3.05) is 0 Å². The molecule has 2 heterocycles. The second-order valence-corrected chi connectivity index (χ2v) is 6.44. The Balaban J connectivity index is 1.55. The predicted molar refractivity (Wildman–Crippen MR) is 109 cm³/mol. The maximum absolute atomic E-state index is 12.4. The topological polar surface area (TPSA) is 62.2 Å². The van der Waals surface area contributed by atoms with Gasteiger partial charge in [0.2, 0.25) is 0 Å². The number of amides is 1. The number of aromatic nitrogens is 2. The fourth-order valence-electron chi connectivity index (χ4n) is 3.37. The largest absolute Gasteiger partial charge is 0.360 e. The summed E-state index contributed by atoms with van der Waals surface area (Å²) in [7, 11) is 0. The van der Waals surface area contributed by atoms with Gasteiger partial charge in [-0.25, -0.2) is 5.43 Å². The van der Waals surface area contributed by atoms with Crippen LogP contribution in [0, 0.1) is 13.8 Å². The Morgan fingerprint density at radius 3 is 2.63 bits per heavy atom. The number of H-pyrrole nitrogens is 1. The zero-order valence-electron chi connectivity index (χ0n) is 15.2. The summed E-state index contributed by atoms with van der Waals surface area (Å²) in [4.78, 5) is 15.5. The van der Waals surface area contributed by atoms with E-state index in [0.717, 1.165) is 33.5 Å². The number of benzene rings is 2. The highest BCUT2D eigenvalue weighted by molar-refractivity contribution is 6.06. The summed E-state index contributed by atoms with van der Waals surface area (Å²) >= 11 is 0. The van der Waals surface area contributed by atoms with Gasteiger partial charge >= 0.3 is 0 Å². The molecule has 5 heteroatoms. The summed E-state index contributed by atoms with van der Waals surface area (Å²) < 4.78 is 2.17. The summed E-state index contributed by atoms with van der Waals surface area (Å²) in [5, 5.41) is 5.04. The van der Waals surface area contributed by atoms with Crippen molar-refractivity contribution in [2.24, 2.45) is 5.10 Å². The van der Waals surface area contributed by atoms with Crippen molar-refractivity contribution in [1.82, 2.24) is 15.0 Å². The zero-order chi connectivity index (χ0) is 18.8. The van der Waals surface area contributed by atoms with Crippen LogP contribution in [0.15, 0.2) is 72.0 Å². The minimum atomic E-state index is -0.236. The van der Waals surface area contributed by atoms with Gasteiger partial charge in [0.25, 0.3) is 5.91 Å². The van der Waals surface area contributed by atoms with Gasteiger partial charge in [0.05, 0.1) is 11.8 Å². The van der Waals surface area contributed by atoms with Crippen molar-refractivity contribution in [3.05, 3.63) is 89.4 Å². The number of nitrogens with zero attached hydrogens (tertiary/aromatic N) is 2. The van der Waals surface area contributed by atoms with E-state index < -0.39 is 0 Å². The van der Waals surface area contributed by atoms with E-state index in [-0.39, 0.29) is 5.91 Å². The van der Waals surface area contributed by atoms with Crippen molar-refractivity contribution in [1.29, 1.82) is 0 Å². The van der Waals surface area contributed by atoms with Gasteiger partial charge in [0.15, 0.2) is 0 Å². The van der Waals surface area contributed by atoms with Crippen LogP contribution in [0.2, 0.25) is 0 Å². The number of para-hydroxylation sites is 2. The number of nitrogens with one attached hydrogen (secondary N) is 2. The molecule has 0 fully saturated rings.